The minimum atomic E-state index is -0.799. The molecule has 0 bridgehead atoms. The molecular formula is C28H19FO3. The van der Waals surface area contributed by atoms with Crippen molar-refractivity contribution in [2.45, 2.75) is 0 Å². The number of ketones is 1. The van der Waals surface area contributed by atoms with E-state index < -0.39 is 11.8 Å². The van der Waals surface area contributed by atoms with Crippen molar-refractivity contribution >= 4 is 17.8 Å². The third kappa shape index (κ3) is 4.87. The van der Waals surface area contributed by atoms with Crippen LogP contribution in [0.15, 0.2) is 109 Å². The maximum Gasteiger partial charge on any atom is 0.346 e. The van der Waals surface area contributed by atoms with Crippen LogP contribution in [0.25, 0.3) is 17.2 Å². The molecule has 156 valence electrons. The van der Waals surface area contributed by atoms with E-state index in [1.165, 1.54) is 24.3 Å². The fourth-order valence-corrected chi connectivity index (χ4v) is 3.21. The molecule has 3 nitrogen and oxygen atoms in total. The van der Waals surface area contributed by atoms with E-state index in [1.54, 1.807) is 48.5 Å². The lowest BCUT2D eigenvalue weighted by atomic mass is 10.0. The largest absolute Gasteiger partial charge is 0.422 e. The number of benzene rings is 4. The summed E-state index contributed by atoms with van der Waals surface area (Å²) in [6.45, 7) is 0. The van der Waals surface area contributed by atoms with Gasteiger partial charge in [0.2, 0.25) is 0 Å². The number of hydrogen-bond acceptors (Lipinski definition) is 3. The van der Waals surface area contributed by atoms with Gasteiger partial charge < -0.3 is 4.74 Å². The summed E-state index contributed by atoms with van der Waals surface area (Å²) in [5, 5.41) is 0. The van der Waals surface area contributed by atoms with E-state index in [0.717, 1.165) is 11.1 Å². The summed E-state index contributed by atoms with van der Waals surface area (Å²) in [7, 11) is 0. The lowest BCUT2D eigenvalue weighted by molar-refractivity contribution is 0.0729. The number of para-hydroxylation sites is 1. The van der Waals surface area contributed by atoms with Crippen molar-refractivity contribution in [2.75, 3.05) is 0 Å². The summed E-state index contributed by atoms with van der Waals surface area (Å²) < 4.78 is 19.2. The molecule has 0 fully saturated rings. The minimum absolute atomic E-state index is 0.152. The van der Waals surface area contributed by atoms with Crippen LogP contribution in [-0.2, 0) is 0 Å². The molecule has 0 atom stereocenters. The van der Waals surface area contributed by atoms with Gasteiger partial charge in [-0.1, -0.05) is 84.9 Å². The molecule has 0 radical (unpaired) electrons. The third-order valence-corrected chi connectivity index (χ3v) is 4.91. The summed E-state index contributed by atoms with van der Waals surface area (Å²) >= 11 is 0. The highest BCUT2D eigenvalue weighted by molar-refractivity contribution is 6.07. The van der Waals surface area contributed by atoms with Gasteiger partial charge in [0.1, 0.15) is 11.6 Å². The normalized spacial score (nSPS) is 10.8. The third-order valence-electron chi connectivity index (χ3n) is 4.91. The summed E-state index contributed by atoms with van der Waals surface area (Å²) in [4.78, 5) is 25.0. The van der Waals surface area contributed by atoms with E-state index in [1.807, 2.05) is 42.5 Å². The maximum atomic E-state index is 13.9. The van der Waals surface area contributed by atoms with Crippen LogP contribution in [0.2, 0.25) is 0 Å². The minimum Gasteiger partial charge on any atom is -0.422 e. The smallest absolute Gasteiger partial charge is 0.346 e. The monoisotopic (exact) mass is 422 g/mol. The highest BCUT2D eigenvalue weighted by Gasteiger charge is 2.14. The van der Waals surface area contributed by atoms with Crippen LogP contribution in [0.5, 0.6) is 5.75 Å². The topological polar surface area (TPSA) is 43.4 Å². The lowest BCUT2D eigenvalue weighted by Gasteiger charge is -2.08. The molecule has 4 aromatic carbocycles. The summed E-state index contributed by atoms with van der Waals surface area (Å²) in [6, 6.07) is 29.7. The Morgan fingerprint density at radius 1 is 0.688 bits per heavy atom. The van der Waals surface area contributed by atoms with E-state index in [9.17, 15) is 14.0 Å². The predicted molar refractivity (Wildman–Crippen MR) is 123 cm³/mol. The van der Waals surface area contributed by atoms with Gasteiger partial charge in [-0.2, -0.15) is 0 Å². The van der Waals surface area contributed by atoms with Crippen molar-refractivity contribution in [1.29, 1.82) is 0 Å². The molecule has 0 aliphatic carbocycles. The quantitative estimate of drug-likeness (QED) is 0.152. The van der Waals surface area contributed by atoms with E-state index >= 15 is 0 Å². The number of rotatable bonds is 6. The van der Waals surface area contributed by atoms with Crippen LogP contribution >= 0.6 is 0 Å². The predicted octanol–water partition coefficient (Wildman–Crippen LogP) is 6.61. The molecular weight excluding hydrogens is 403 g/mol. The van der Waals surface area contributed by atoms with Gasteiger partial charge in [-0.15, -0.1) is 0 Å². The number of carbonyl (C=O) groups excluding carboxylic acids is 2. The molecule has 4 heteroatoms. The Hall–Kier alpha value is -4.31. The molecule has 0 spiro atoms. The second-order valence-corrected chi connectivity index (χ2v) is 7.05. The molecule has 4 aromatic rings. The lowest BCUT2D eigenvalue weighted by Crippen LogP contribution is -2.11. The zero-order valence-electron chi connectivity index (χ0n) is 17.1. The highest BCUT2D eigenvalue weighted by Crippen LogP contribution is 2.23. The first kappa shape index (κ1) is 20.9. The van der Waals surface area contributed by atoms with Crippen molar-refractivity contribution in [3.63, 3.8) is 0 Å². The Bertz CT molecular complexity index is 1280. The van der Waals surface area contributed by atoms with E-state index in [4.69, 9.17) is 4.74 Å². The van der Waals surface area contributed by atoms with Crippen molar-refractivity contribution < 1.29 is 18.7 Å². The van der Waals surface area contributed by atoms with Crippen molar-refractivity contribution in [3.8, 4) is 16.9 Å². The average molecular weight is 422 g/mol. The maximum absolute atomic E-state index is 13.9. The SMILES string of the molecule is O=C(/C=C/c1ccccc1OC(=O)c1ccccc1F)c1ccc(-c2ccccc2)cc1. The van der Waals surface area contributed by atoms with Gasteiger partial charge in [0, 0.05) is 11.1 Å². The number of ether oxygens (including phenoxy) is 1. The molecule has 0 saturated carbocycles. The fourth-order valence-electron chi connectivity index (χ4n) is 3.21. The summed E-state index contributed by atoms with van der Waals surface area (Å²) in [5.41, 5.74) is 3.03. The van der Waals surface area contributed by atoms with Gasteiger partial charge in [0.25, 0.3) is 0 Å². The van der Waals surface area contributed by atoms with Crippen LogP contribution < -0.4 is 4.74 Å². The standard InChI is InChI=1S/C28H19FO3/c29-25-12-6-5-11-24(25)28(31)32-27-13-7-4-10-23(27)18-19-26(30)22-16-14-21(15-17-22)20-8-2-1-3-9-20/h1-19H/b19-18+. The van der Waals surface area contributed by atoms with Crippen molar-refractivity contribution in [3.05, 3.63) is 132 Å². The van der Waals surface area contributed by atoms with Gasteiger partial charge in [-0.25, -0.2) is 9.18 Å². The second-order valence-electron chi connectivity index (χ2n) is 7.05. The Kier molecular flexibility index (Phi) is 6.33. The molecule has 0 amide bonds. The van der Waals surface area contributed by atoms with Crippen molar-refractivity contribution in [2.24, 2.45) is 0 Å². The van der Waals surface area contributed by atoms with Crippen molar-refractivity contribution in [1.82, 2.24) is 0 Å². The highest BCUT2D eigenvalue weighted by atomic mass is 19.1. The molecule has 32 heavy (non-hydrogen) atoms. The Morgan fingerprint density at radius 2 is 1.31 bits per heavy atom. The van der Waals surface area contributed by atoms with Gasteiger partial charge in [0.05, 0.1) is 5.56 Å². The van der Waals surface area contributed by atoms with Crippen LogP contribution in [-0.4, -0.2) is 11.8 Å². The molecule has 0 N–H and O–H groups in total. The number of halogens is 1. The summed E-state index contributed by atoms with van der Waals surface area (Å²) in [6.07, 6.45) is 3.00. The molecule has 0 aliphatic rings. The fraction of sp³-hybridized carbons (Fsp3) is 0. The van der Waals surface area contributed by atoms with Crippen LogP contribution in [0.4, 0.5) is 4.39 Å². The summed E-state index contributed by atoms with van der Waals surface area (Å²) in [5.74, 6) is -1.39. The molecule has 0 aliphatic heterocycles. The number of hydrogen-bond donors (Lipinski definition) is 0. The van der Waals surface area contributed by atoms with E-state index in [0.29, 0.717) is 11.1 Å². The first-order valence-electron chi connectivity index (χ1n) is 10.1. The van der Waals surface area contributed by atoms with Gasteiger partial charge >= 0.3 is 5.97 Å². The van der Waals surface area contributed by atoms with Gasteiger partial charge in [0.15, 0.2) is 5.78 Å². The number of carbonyl (C=O) groups is 2. The van der Waals surface area contributed by atoms with Crippen LogP contribution in [0.1, 0.15) is 26.3 Å². The Morgan fingerprint density at radius 3 is 2.06 bits per heavy atom. The average Bonchev–Trinajstić information content (AvgIpc) is 2.84. The molecule has 4 rings (SSSR count). The molecule has 0 heterocycles. The number of allylic oxidation sites excluding steroid dienone is 1. The molecule has 0 aromatic heterocycles. The Balaban J connectivity index is 1.49. The van der Waals surface area contributed by atoms with E-state index in [-0.39, 0.29) is 17.1 Å². The molecule has 0 unspecified atom stereocenters. The zero-order valence-corrected chi connectivity index (χ0v) is 17.1. The second kappa shape index (κ2) is 9.67. The zero-order chi connectivity index (χ0) is 22.3. The number of esters is 1. The first-order valence-corrected chi connectivity index (χ1v) is 10.1. The van der Waals surface area contributed by atoms with Gasteiger partial charge in [-0.05, 0) is 41.5 Å². The Labute approximate surface area is 185 Å². The van der Waals surface area contributed by atoms with Gasteiger partial charge in [-0.3, -0.25) is 4.79 Å². The molecule has 0 saturated heterocycles. The van der Waals surface area contributed by atoms with Crippen LogP contribution in [0, 0.1) is 5.82 Å². The first-order chi connectivity index (χ1) is 15.6. The van der Waals surface area contributed by atoms with Crippen LogP contribution in [0.3, 0.4) is 0 Å². The van der Waals surface area contributed by atoms with E-state index in [2.05, 4.69) is 0 Å².